The minimum absolute atomic E-state index is 0.484. The monoisotopic (exact) mass is 939 g/mol. The Labute approximate surface area is 418 Å². The average molecular weight is 940 g/mol. The van der Waals surface area contributed by atoms with E-state index < -0.39 is 10.8 Å². The fraction of sp³-hybridized carbons (Fsp3) is 0.0308. The van der Waals surface area contributed by atoms with E-state index >= 15 is 0 Å². The maximum atomic E-state index is 6.68. The minimum Gasteiger partial charge on any atom is -0.455 e. The molecule has 2 aromatic heterocycles. The first-order valence-electron chi connectivity index (χ1n) is 24.1. The zero-order chi connectivity index (χ0) is 46.4. The zero-order valence-corrected chi connectivity index (χ0v) is 39.6. The second kappa shape index (κ2) is 14.6. The van der Waals surface area contributed by atoms with Crippen LogP contribution in [0.25, 0.3) is 78.4 Å². The Kier molecular flexibility index (Phi) is 8.15. The molecule has 2 aliphatic carbocycles. The number of furan rings is 1. The van der Waals surface area contributed by atoms with Crippen LogP contribution in [0, 0.1) is 0 Å². The van der Waals surface area contributed by atoms with Gasteiger partial charge in [-0.3, -0.25) is 0 Å². The fourth-order valence-corrected chi connectivity index (χ4v) is 15.0. The van der Waals surface area contributed by atoms with Gasteiger partial charge in [0.2, 0.25) is 0 Å². The maximum Gasteiger partial charge on any atom is 0.167 e. The van der Waals surface area contributed by atoms with Crippen LogP contribution in [0.1, 0.15) is 44.5 Å². The summed E-state index contributed by atoms with van der Waals surface area (Å²) >= 11 is 3.70. The third kappa shape index (κ3) is 5.25. The van der Waals surface area contributed by atoms with Crippen molar-refractivity contribution in [2.75, 3.05) is 0 Å². The molecule has 2 spiro atoms. The van der Waals surface area contributed by atoms with Crippen LogP contribution in [0.3, 0.4) is 0 Å². The Morgan fingerprint density at radius 1 is 0.296 bits per heavy atom. The first kappa shape index (κ1) is 39.5. The molecule has 2 aliphatic heterocycles. The number of fused-ring (bicyclic) bond motifs is 21. The van der Waals surface area contributed by atoms with E-state index in [0.29, 0.717) is 17.5 Å². The predicted octanol–water partition coefficient (Wildman–Crippen LogP) is 16.4. The Balaban J connectivity index is 0.945. The van der Waals surface area contributed by atoms with Gasteiger partial charge in [-0.2, -0.15) is 0 Å². The van der Waals surface area contributed by atoms with E-state index in [1.54, 1.807) is 0 Å². The highest BCUT2D eigenvalue weighted by Crippen LogP contribution is 2.64. The van der Waals surface area contributed by atoms with E-state index in [1.165, 1.54) is 86.3 Å². The SMILES string of the molecule is c1ccc2c(c1)Sc1ccccc1C21c2ccccc2-c2cc(-c3nc(-c4ccc5c(c4)C4(c6ccccc6S5)c5ccccc5-c5ccccc54)nc(-c4cccc5c4oc4ccccc45)n3)ccc21. The molecule has 0 saturated carbocycles. The van der Waals surface area contributed by atoms with Crippen molar-refractivity contribution >= 4 is 45.5 Å². The van der Waals surface area contributed by atoms with E-state index in [2.05, 4.69) is 212 Å². The van der Waals surface area contributed by atoms with E-state index in [-0.39, 0.29) is 0 Å². The van der Waals surface area contributed by atoms with Gasteiger partial charge >= 0.3 is 0 Å². The lowest BCUT2D eigenvalue weighted by Gasteiger charge is -2.39. The molecule has 12 aromatic rings. The molecule has 0 bridgehead atoms. The summed E-state index contributed by atoms with van der Waals surface area (Å²) in [7, 11) is 0. The number of benzene rings is 10. The van der Waals surface area contributed by atoms with Gasteiger partial charge in [-0.15, -0.1) is 0 Å². The molecule has 6 heteroatoms. The molecule has 4 heterocycles. The largest absolute Gasteiger partial charge is 0.455 e. The van der Waals surface area contributed by atoms with Crippen LogP contribution in [-0.4, -0.2) is 15.0 Å². The average Bonchev–Trinajstić information content (AvgIpc) is 4.06. The molecule has 0 fully saturated rings. The third-order valence-corrected chi connectivity index (χ3v) is 17.8. The van der Waals surface area contributed by atoms with Crippen LogP contribution in [0.5, 0.6) is 0 Å². The van der Waals surface area contributed by atoms with Gasteiger partial charge in [0.1, 0.15) is 11.2 Å². The van der Waals surface area contributed by atoms with Crippen molar-refractivity contribution in [3.8, 4) is 56.4 Å². The second-order valence-corrected chi connectivity index (χ2v) is 21.1. The van der Waals surface area contributed by atoms with E-state index in [0.717, 1.165) is 38.6 Å². The smallest absolute Gasteiger partial charge is 0.167 e. The molecule has 0 atom stereocenters. The summed E-state index contributed by atoms with van der Waals surface area (Å²) in [6, 6.07) is 81.9. The Morgan fingerprint density at radius 2 is 0.718 bits per heavy atom. The van der Waals surface area contributed by atoms with Crippen LogP contribution in [0.15, 0.2) is 248 Å². The highest BCUT2D eigenvalue weighted by molar-refractivity contribution is 7.99. The number of hydrogen-bond donors (Lipinski definition) is 0. The highest BCUT2D eigenvalue weighted by atomic mass is 32.2. The molecular weight excluding hydrogens is 903 g/mol. The van der Waals surface area contributed by atoms with Crippen molar-refractivity contribution in [2.24, 2.45) is 0 Å². The molecule has 0 saturated heterocycles. The van der Waals surface area contributed by atoms with Gasteiger partial charge < -0.3 is 4.42 Å². The quantitative estimate of drug-likeness (QED) is 0.176. The Hall–Kier alpha value is -8.29. The standard InChI is InChI=1S/C65H37N3OS2/c1-5-22-47-40(16-1)41-17-2-6-23-48(41)65(47)53-27-10-14-31-58(53)71-59-35-33-39(37-54(59)65)62-66-61(67-63(68-62)45-21-15-20-44-43-19-4-11-28-55(43)69-60(44)45)38-32-34-50-46(36-38)42-18-3-7-24-49(42)64(50)51-25-8-12-29-56(51)70-57-30-13-9-26-52(57)64/h1-37H. The van der Waals surface area contributed by atoms with Crippen molar-refractivity contribution < 1.29 is 4.42 Å². The summed E-state index contributed by atoms with van der Waals surface area (Å²) < 4.78 is 6.68. The first-order valence-corrected chi connectivity index (χ1v) is 25.7. The van der Waals surface area contributed by atoms with E-state index in [9.17, 15) is 0 Å². The number of nitrogens with zero attached hydrogens (tertiary/aromatic N) is 3. The summed E-state index contributed by atoms with van der Waals surface area (Å²) in [6.45, 7) is 0. The Bertz CT molecular complexity index is 4190. The molecule has 0 radical (unpaired) electrons. The molecule has 10 aromatic carbocycles. The van der Waals surface area contributed by atoms with Crippen LogP contribution in [0.4, 0.5) is 0 Å². The topological polar surface area (TPSA) is 51.8 Å². The lowest BCUT2D eigenvalue weighted by molar-refractivity contribution is 0.669. The molecule has 16 rings (SSSR count). The van der Waals surface area contributed by atoms with Crippen molar-refractivity contribution in [3.63, 3.8) is 0 Å². The van der Waals surface area contributed by atoms with Gasteiger partial charge in [0.05, 0.1) is 16.4 Å². The Morgan fingerprint density at radius 3 is 1.34 bits per heavy atom. The number of rotatable bonds is 3. The fourth-order valence-electron chi connectivity index (χ4n) is 12.7. The van der Waals surface area contributed by atoms with E-state index in [4.69, 9.17) is 19.4 Å². The van der Waals surface area contributed by atoms with Gasteiger partial charge in [0.15, 0.2) is 17.5 Å². The normalized spacial score (nSPS) is 14.6. The molecule has 0 N–H and O–H groups in total. The van der Waals surface area contributed by atoms with Gasteiger partial charge in [-0.1, -0.05) is 199 Å². The van der Waals surface area contributed by atoms with Crippen LogP contribution in [-0.2, 0) is 10.8 Å². The summed E-state index contributed by atoms with van der Waals surface area (Å²) in [6.07, 6.45) is 0. The summed E-state index contributed by atoms with van der Waals surface area (Å²) in [4.78, 5) is 21.4. The summed E-state index contributed by atoms with van der Waals surface area (Å²) in [5, 5.41) is 2.08. The molecule has 0 unspecified atom stereocenters. The molecule has 330 valence electrons. The molecule has 71 heavy (non-hydrogen) atoms. The maximum absolute atomic E-state index is 6.68. The lowest BCUT2D eigenvalue weighted by atomic mass is 9.67. The van der Waals surface area contributed by atoms with Crippen LogP contribution >= 0.6 is 23.5 Å². The molecule has 0 amide bonds. The van der Waals surface area contributed by atoms with Crippen LogP contribution in [0.2, 0.25) is 0 Å². The van der Waals surface area contributed by atoms with Gasteiger partial charge in [0.25, 0.3) is 0 Å². The number of aromatic nitrogens is 3. The zero-order valence-electron chi connectivity index (χ0n) is 37.9. The molecule has 4 nitrogen and oxygen atoms in total. The van der Waals surface area contributed by atoms with Gasteiger partial charge in [-0.25, -0.2) is 15.0 Å². The minimum atomic E-state index is -0.545. The van der Waals surface area contributed by atoms with E-state index in [1.807, 2.05) is 35.7 Å². The molecule has 4 aliphatic rings. The molecular formula is C65H37N3OS2. The van der Waals surface area contributed by atoms with Crippen molar-refractivity contribution in [3.05, 3.63) is 269 Å². The van der Waals surface area contributed by atoms with Crippen molar-refractivity contribution in [2.45, 2.75) is 30.4 Å². The number of para-hydroxylation sites is 2. The van der Waals surface area contributed by atoms with Gasteiger partial charge in [0, 0.05) is 41.5 Å². The first-order chi connectivity index (χ1) is 35.2. The van der Waals surface area contributed by atoms with Crippen LogP contribution < -0.4 is 0 Å². The predicted molar refractivity (Wildman–Crippen MR) is 286 cm³/mol. The van der Waals surface area contributed by atoms with Crippen molar-refractivity contribution in [1.82, 2.24) is 15.0 Å². The number of hydrogen-bond acceptors (Lipinski definition) is 6. The second-order valence-electron chi connectivity index (χ2n) is 18.9. The summed E-state index contributed by atoms with van der Waals surface area (Å²) in [5.74, 6) is 1.76. The third-order valence-electron chi connectivity index (χ3n) is 15.5. The summed E-state index contributed by atoms with van der Waals surface area (Å²) in [5.41, 5.74) is 18.4. The van der Waals surface area contributed by atoms with Crippen molar-refractivity contribution in [1.29, 1.82) is 0 Å². The van der Waals surface area contributed by atoms with Gasteiger partial charge in [-0.05, 0) is 115 Å². The highest BCUT2D eigenvalue weighted by Gasteiger charge is 2.52. The lowest BCUT2D eigenvalue weighted by Crippen LogP contribution is -2.32.